The maximum Gasteiger partial charge on any atom is 4.00 e. The number of nitrogens with one attached hydrogen (secondary N) is 2. The first-order chi connectivity index (χ1) is 10.3. The molecule has 1 fully saturated rings. The molecular formula is C13H13N3O6Pt. The zero-order chi connectivity index (χ0) is 16.9. The summed E-state index contributed by atoms with van der Waals surface area (Å²) < 4.78 is 0. The third kappa shape index (κ3) is 5.70. The number of aromatic carboxylic acids is 2. The number of carbonyl (C=O) groups is 2. The van der Waals surface area contributed by atoms with Gasteiger partial charge < -0.3 is 31.3 Å². The minimum absolute atomic E-state index is 0. The van der Waals surface area contributed by atoms with Gasteiger partial charge in [0, 0.05) is 11.6 Å². The number of carboxylic acid groups (broad SMARTS) is 2. The molecule has 2 atom stereocenters. The van der Waals surface area contributed by atoms with Gasteiger partial charge >= 0.3 is 21.1 Å². The van der Waals surface area contributed by atoms with Gasteiger partial charge in [-0.25, -0.2) is 0 Å². The molecule has 0 aliphatic heterocycles. The van der Waals surface area contributed by atoms with Crippen LogP contribution in [0.25, 0.3) is 11.5 Å². The molecule has 126 valence electrons. The van der Waals surface area contributed by atoms with Gasteiger partial charge in [-0.3, -0.25) is 10.1 Å². The second kappa shape index (κ2) is 9.34. The Morgan fingerprint density at radius 3 is 1.91 bits per heavy atom. The van der Waals surface area contributed by atoms with E-state index in [1.165, 1.54) is 0 Å². The van der Waals surface area contributed by atoms with Gasteiger partial charge in [-0.05, 0) is 0 Å². The van der Waals surface area contributed by atoms with Crippen LogP contribution in [0.2, 0.25) is 0 Å². The van der Waals surface area contributed by atoms with Crippen LogP contribution in [0.4, 0.5) is 5.69 Å². The standard InChI is InChI=1S/C8H5NO6.C5H10N2.Pt/c10-7(11)4-2-1-3-5(9(14)15)6(4)8(12)13;6-4-2-1-3-5(4)7;/h1-3H,(H,10,11)(H,12,13);4-7H,1-3H2;/q;-2;+4/p-2. The van der Waals surface area contributed by atoms with Crippen LogP contribution in [0.3, 0.4) is 0 Å². The van der Waals surface area contributed by atoms with E-state index in [1.807, 2.05) is 0 Å². The smallest absolute Gasteiger partial charge is 0.676 e. The van der Waals surface area contributed by atoms with Gasteiger partial charge in [0.15, 0.2) is 0 Å². The molecular weight excluding hydrogens is 489 g/mol. The van der Waals surface area contributed by atoms with Crippen LogP contribution in [0.15, 0.2) is 18.2 Å². The number of carboxylic acids is 2. The molecule has 0 heterocycles. The number of nitro benzene ring substituents is 1. The van der Waals surface area contributed by atoms with Gasteiger partial charge in [0.25, 0.3) is 5.69 Å². The van der Waals surface area contributed by atoms with E-state index in [0.29, 0.717) is 0 Å². The van der Waals surface area contributed by atoms with E-state index in [2.05, 4.69) is 0 Å². The monoisotopic (exact) mass is 502 g/mol. The molecule has 0 saturated heterocycles. The summed E-state index contributed by atoms with van der Waals surface area (Å²) in [5.41, 5.74) is 11.7. The molecule has 0 spiro atoms. The number of nitro groups is 1. The van der Waals surface area contributed by atoms with Crippen molar-refractivity contribution in [1.82, 2.24) is 0 Å². The number of nitrogens with zero attached hydrogens (tertiary/aromatic N) is 1. The minimum Gasteiger partial charge on any atom is -0.676 e. The number of carbonyl (C=O) groups excluding carboxylic acids is 2. The van der Waals surface area contributed by atoms with Crippen molar-refractivity contribution in [3.63, 3.8) is 0 Å². The molecule has 1 aliphatic carbocycles. The average molecular weight is 502 g/mol. The third-order valence-corrected chi connectivity index (χ3v) is 3.18. The first kappa shape index (κ1) is 21.2. The molecule has 2 unspecified atom stereocenters. The summed E-state index contributed by atoms with van der Waals surface area (Å²) in [5.74, 6) is -3.74. The first-order valence-corrected chi connectivity index (χ1v) is 6.38. The summed E-state index contributed by atoms with van der Waals surface area (Å²) in [6.45, 7) is 0. The van der Waals surface area contributed by atoms with Crippen LogP contribution in [-0.4, -0.2) is 28.9 Å². The predicted octanol–water partition coefficient (Wildman–Crippen LogP) is 0.331. The van der Waals surface area contributed by atoms with Crippen LogP contribution in [0.1, 0.15) is 40.0 Å². The SMILES string of the molecule is O=C([O-])c1cccc([N+](=O)[O-])c1C(=O)[O-].[NH-]C1CCCC1[NH-].[Pt+4]. The Balaban J connectivity index is 0.000000509. The molecule has 1 aromatic carbocycles. The van der Waals surface area contributed by atoms with E-state index in [1.54, 1.807) is 0 Å². The van der Waals surface area contributed by atoms with Crippen LogP contribution in [0.5, 0.6) is 0 Å². The van der Waals surface area contributed by atoms with Crippen molar-refractivity contribution < 1.29 is 45.8 Å². The Hall–Kier alpha value is -1.83. The first-order valence-electron chi connectivity index (χ1n) is 6.38. The van der Waals surface area contributed by atoms with Crippen molar-refractivity contribution in [3.8, 4) is 0 Å². The second-order valence-electron chi connectivity index (χ2n) is 4.68. The van der Waals surface area contributed by atoms with Crippen molar-refractivity contribution in [1.29, 1.82) is 0 Å². The molecule has 0 amide bonds. The van der Waals surface area contributed by atoms with Gasteiger partial charge in [-0.15, -0.1) is 0 Å². The quantitative estimate of drug-likeness (QED) is 0.426. The molecule has 10 heteroatoms. The third-order valence-electron chi connectivity index (χ3n) is 3.18. The van der Waals surface area contributed by atoms with Crippen molar-refractivity contribution >= 4 is 17.6 Å². The van der Waals surface area contributed by atoms with E-state index >= 15 is 0 Å². The molecule has 9 nitrogen and oxygen atoms in total. The molecule has 0 bridgehead atoms. The summed E-state index contributed by atoms with van der Waals surface area (Å²) in [5, 5.41) is 31.4. The number of hydrogen-bond acceptors (Lipinski definition) is 6. The fraction of sp³-hybridized carbons (Fsp3) is 0.385. The molecule has 0 radical (unpaired) electrons. The van der Waals surface area contributed by atoms with Crippen molar-refractivity contribution in [3.05, 3.63) is 50.9 Å². The van der Waals surface area contributed by atoms with Crippen LogP contribution in [-0.2, 0) is 21.1 Å². The topological polar surface area (TPSA) is 171 Å². The van der Waals surface area contributed by atoms with E-state index in [0.717, 1.165) is 37.5 Å². The summed E-state index contributed by atoms with van der Waals surface area (Å²) in [6.07, 6.45) is 3.00. The molecule has 1 aromatic rings. The Morgan fingerprint density at radius 2 is 1.61 bits per heavy atom. The minimum atomic E-state index is -1.93. The van der Waals surface area contributed by atoms with E-state index in [-0.39, 0.29) is 33.1 Å². The molecule has 2 N–H and O–H groups in total. The zero-order valence-corrected chi connectivity index (χ0v) is 14.0. The molecule has 1 aliphatic rings. The van der Waals surface area contributed by atoms with Crippen molar-refractivity contribution in [2.24, 2.45) is 0 Å². The van der Waals surface area contributed by atoms with E-state index < -0.39 is 33.7 Å². The Labute approximate surface area is 146 Å². The molecule has 1 saturated carbocycles. The normalized spacial score (nSPS) is 19.0. The van der Waals surface area contributed by atoms with Gasteiger partial charge in [0.1, 0.15) is 0 Å². The van der Waals surface area contributed by atoms with Crippen LogP contribution >= 0.6 is 0 Å². The van der Waals surface area contributed by atoms with E-state index in [4.69, 9.17) is 11.5 Å². The van der Waals surface area contributed by atoms with Crippen LogP contribution in [0, 0.1) is 10.1 Å². The average Bonchev–Trinajstić information content (AvgIpc) is 2.82. The van der Waals surface area contributed by atoms with E-state index in [9.17, 15) is 29.9 Å². The van der Waals surface area contributed by atoms with Crippen LogP contribution < -0.4 is 10.2 Å². The fourth-order valence-corrected chi connectivity index (χ4v) is 2.04. The molecule has 23 heavy (non-hydrogen) atoms. The maximum atomic E-state index is 10.5. The van der Waals surface area contributed by atoms with Gasteiger partial charge in [-0.2, -0.15) is 12.1 Å². The van der Waals surface area contributed by atoms with Gasteiger partial charge in [0.2, 0.25) is 0 Å². The number of hydrogen-bond donors (Lipinski definition) is 0. The number of benzene rings is 1. The summed E-state index contributed by atoms with van der Waals surface area (Å²) in [7, 11) is 0. The molecule has 2 rings (SSSR count). The maximum absolute atomic E-state index is 10.5. The predicted molar refractivity (Wildman–Crippen MR) is 71.8 cm³/mol. The summed E-state index contributed by atoms with van der Waals surface area (Å²) in [4.78, 5) is 30.4. The van der Waals surface area contributed by atoms with Gasteiger partial charge in [0.05, 0.1) is 22.4 Å². The Morgan fingerprint density at radius 1 is 1.09 bits per heavy atom. The largest absolute Gasteiger partial charge is 4.00 e. The second-order valence-corrected chi connectivity index (χ2v) is 4.68. The van der Waals surface area contributed by atoms with Gasteiger partial charge in [-0.1, -0.05) is 31.4 Å². The Kier molecular flexibility index (Phi) is 8.60. The zero-order valence-electron chi connectivity index (χ0n) is 11.7. The van der Waals surface area contributed by atoms with Crippen molar-refractivity contribution in [2.75, 3.05) is 0 Å². The summed E-state index contributed by atoms with van der Waals surface area (Å²) >= 11 is 0. The van der Waals surface area contributed by atoms with Crippen molar-refractivity contribution in [2.45, 2.75) is 31.3 Å². The number of rotatable bonds is 3. The fourth-order valence-electron chi connectivity index (χ4n) is 2.04. The molecule has 0 aromatic heterocycles. The summed E-state index contributed by atoms with van der Waals surface area (Å²) in [6, 6.07) is 2.68. The Bertz CT molecular complexity index is 555.